The molecular formula is C14H26N4S. The molecule has 1 unspecified atom stereocenters. The predicted molar refractivity (Wildman–Crippen MR) is 86.4 cm³/mol. The molecule has 0 aromatic carbocycles. The first-order valence-corrected chi connectivity index (χ1v) is 8.28. The minimum absolute atomic E-state index is 0.486. The van der Waals surface area contributed by atoms with Gasteiger partial charge in [0.05, 0.1) is 0 Å². The summed E-state index contributed by atoms with van der Waals surface area (Å²) in [5.41, 5.74) is 1.13. The van der Waals surface area contributed by atoms with Gasteiger partial charge < -0.3 is 10.2 Å². The van der Waals surface area contributed by atoms with Gasteiger partial charge in [-0.05, 0) is 38.7 Å². The molecule has 1 N–H and O–H groups in total. The monoisotopic (exact) mass is 282 g/mol. The molecule has 19 heavy (non-hydrogen) atoms. The average Bonchev–Trinajstić information content (AvgIpc) is 2.43. The summed E-state index contributed by atoms with van der Waals surface area (Å²) in [5.74, 6) is 3.16. The van der Waals surface area contributed by atoms with Crippen molar-refractivity contribution in [3.63, 3.8) is 0 Å². The van der Waals surface area contributed by atoms with Crippen molar-refractivity contribution in [1.82, 2.24) is 9.97 Å². The molecule has 1 aromatic rings. The van der Waals surface area contributed by atoms with E-state index in [0.29, 0.717) is 6.04 Å². The fourth-order valence-corrected chi connectivity index (χ4v) is 2.49. The number of nitrogens with one attached hydrogen (secondary N) is 1. The Morgan fingerprint density at radius 2 is 2.16 bits per heavy atom. The SMILES string of the molecule is CCCNc1ncnc(N(C)C(C)CCSC)c1C. The van der Waals surface area contributed by atoms with E-state index in [1.54, 1.807) is 6.33 Å². The first-order valence-electron chi connectivity index (χ1n) is 6.89. The zero-order chi connectivity index (χ0) is 14.3. The predicted octanol–water partition coefficient (Wildman–Crippen LogP) is 3.18. The van der Waals surface area contributed by atoms with Crippen molar-refractivity contribution in [3.8, 4) is 0 Å². The third-order valence-electron chi connectivity index (χ3n) is 3.33. The van der Waals surface area contributed by atoms with Crippen molar-refractivity contribution in [3.05, 3.63) is 11.9 Å². The van der Waals surface area contributed by atoms with Crippen LogP contribution in [0.2, 0.25) is 0 Å². The number of thioether (sulfide) groups is 1. The summed E-state index contributed by atoms with van der Waals surface area (Å²) in [6.07, 6.45) is 6.06. The van der Waals surface area contributed by atoms with Crippen molar-refractivity contribution in [1.29, 1.82) is 0 Å². The van der Waals surface area contributed by atoms with Crippen LogP contribution in [0.25, 0.3) is 0 Å². The minimum Gasteiger partial charge on any atom is -0.370 e. The van der Waals surface area contributed by atoms with Gasteiger partial charge >= 0.3 is 0 Å². The largest absolute Gasteiger partial charge is 0.370 e. The number of hydrogen-bond donors (Lipinski definition) is 1. The van der Waals surface area contributed by atoms with Crippen LogP contribution in [-0.2, 0) is 0 Å². The van der Waals surface area contributed by atoms with Crippen molar-refractivity contribution < 1.29 is 0 Å². The Kier molecular flexibility index (Phi) is 6.99. The molecule has 0 aliphatic heterocycles. The summed E-state index contributed by atoms with van der Waals surface area (Å²) < 4.78 is 0. The topological polar surface area (TPSA) is 41.1 Å². The Balaban J connectivity index is 2.81. The van der Waals surface area contributed by atoms with Crippen LogP contribution in [0.5, 0.6) is 0 Å². The van der Waals surface area contributed by atoms with E-state index >= 15 is 0 Å². The minimum atomic E-state index is 0.486. The van der Waals surface area contributed by atoms with E-state index in [0.717, 1.165) is 30.2 Å². The third kappa shape index (κ3) is 4.56. The third-order valence-corrected chi connectivity index (χ3v) is 3.98. The lowest BCUT2D eigenvalue weighted by Crippen LogP contribution is -2.31. The molecule has 4 nitrogen and oxygen atoms in total. The van der Waals surface area contributed by atoms with E-state index < -0.39 is 0 Å². The fourth-order valence-electron chi connectivity index (χ4n) is 1.91. The maximum Gasteiger partial charge on any atom is 0.137 e. The van der Waals surface area contributed by atoms with Gasteiger partial charge in [-0.15, -0.1) is 0 Å². The molecule has 0 amide bonds. The van der Waals surface area contributed by atoms with E-state index in [9.17, 15) is 0 Å². The van der Waals surface area contributed by atoms with Gasteiger partial charge in [-0.25, -0.2) is 9.97 Å². The highest BCUT2D eigenvalue weighted by Crippen LogP contribution is 2.23. The van der Waals surface area contributed by atoms with Gasteiger partial charge in [-0.1, -0.05) is 6.92 Å². The maximum atomic E-state index is 4.44. The molecular weight excluding hydrogens is 256 g/mol. The van der Waals surface area contributed by atoms with Crippen LogP contribution < -0.4 is 10.2 Å². The highest BCUT2D eigenvalue weighted by molar-refractivity contribution is 7.98. The molecule has 0 radical (unpaired) electrons. The Morgan fingerprint density at radius 1 is 1.42 bits per heavy atom. The number of aromatic nitrogens is 2. The highest BCUT2D eigenvalue weighted by Gasteiger charge is 2.15. The van der Waals surface area contributed by atoms with Crippen LogP contribution in [-0.4, -0.2) is 41.6 Å². The summed E-state index contributed by atoms with van der Waals surface area (Å²) in [6, 6.07) is 0.486. The van der Waals surface area contributed by atoms with Crippen LogP contribution in [0.15, 0.2) is 6.33 Å². The zero-order valence-electron chi connectivity index (χ0n) is 12.7. The molecule has 0 aliphatic rings. The molecule has 0 saturated heterocycles. The second kappa shape index (κ2) is 8.25. The van der Waals surface area contributed by atoms with Crippen LogP contribution in [0.3, 0.4) is 0 Å². The molecule has 5 heteroatoms. The molecule has 0 bridgehead atoms. The first-order chi connectivity index (χ1) is 9.11. The lowest BCUT2D eigenvalue weighted by Gasteiger charge is -2.27. The normalized spacial score (nSPS) is 12.3. The Bertz CT molecular complexity index is 384. The lowest BCUT2D eigenvalue weighted by molar-refractivity contribution is 0.659. The van der Waals surface area contributed by atoms with Crippen molar-refractivity contribution in [2.45, 2.75) is 39.7 Å². The molecule has 0 aliphatic carbocycles. The average molecular weight is 282 g/mol. The quantitative estimate of drug-likeness (QED) is 0.793. The van der Waals surface area contributed by atoms with Crippen molar-refractivity contribution >= 4 is 23.4 Å². The second-order valence-electron chi connectivity index (χ2n) is 4.84. The van der Waals surface area contributed by atoms with Gasteiger partial charge in [0.2, 0.25) is 0 Å². The molecule has 108 valence electrons. The molecule has 1 atom stereocenters. The van der Waals surface area contributed by atoms with Gasteiger partial charge in [-0.3, -0.25) is 0 Å². The first kappa shape index (κ1) is 16.1. The van der Waals surface area contributed by atoms with Gasteiger partial charge in [-0.2, -0.15) is 11.8 Å². The van der Waals surface area contributed by atoms with E-state index in [1.165, 1.54) is 12.2 Å². The standard InChI is InChI=1S/C14H26N4S/c1-6-8-15-13-12(3)14(17-10-16-13)18(4)11(2)7-9-19-5/h10-11H,6-9H2,1-5H3,(H,15,16,17). The maximum absolute atomic E-state index is 4.44. The fraction of sp³-hybridized carbons (Fsp3) is 0.714. The van der Waals surface area contributed by atoms with Crippen LogP contribution in [0.4, 0.5) is 11.6 Å². The van der Waals surface area contributed by atoms with E-state index in [1.807, 2.05) is 11.8 Å². The molecule has 0 spiro atoms. The molecule has 0 saturated carbocycles. The van der Waals surface area contributed by atoms with Crippen molar-refractivity contribution in [2.75, 3.05) is 35.8 Å². The summed E-state index contributed by atoms with van der Waals surface area (Å²) >= 11 is 1.89. The summed E-state index contributed by atoms with van der Waals surface area (Å²) in [4.78, 5) is 11.0. The van der Waals surface area contributed by atoms with E-state index in [4.69, 9.17) is 0 Å². The van der Waals surface area contributed by atoms with Crippen LogP contribution >= 0.6 is 11.8 Å². The van der Waals surface area contributed by atoms with E-state index in [2.05, 4.69) is 54.3 Å². The lowest BCUT2D eigenvalue weighted by atomic mass is 10.2. The molecule has 1 heterocycles. The van der Waals surface area contributed by atoms with Gasteiger partial charge in [0, 0.05) is 25.2 Å². The van der Waals surface area contributed by atoms with Gasteiger partial charge in [0.15, 0.2) is 0 Å². The van der Waals surface area contributed by atoms with E-state index in [-0.39, 0.29) is 0 Å². The number of hydrogen-bond acceptors (Lipinski definition) is 5. The van der Waals surface area contributed by atoms with Crippen molar-refractivity contribution in [2.24, 2.45) is 0 Å². The number of nitrogens with zero attached hydrogens (tertiary/aromatic N) is 3. The zero-order valence-corrected chi connectivity index (χ0v) is 13.5. The Labute approximate surface area is 121 Å². The smallest absolute Gasteiger partial charge is 0.137 e. The summed E-state index contributed by atoms with van der Waals surface area (Å²) in [7, 11) is 2.12. The van der Waals surface area contributed by atoms with Gasteiger partial charge in [0.25, 0.3) is 0 Å². The van der Waals surface area contributed by atoms with Crippen LogP contribution in [0.1, 0.15) is 32.3 Å². The molecule has 0 fully saturated rings. The Hall–Kier alpha value is -0.970. The summed E-state index contributed by atoms with van der Waals surface area (Å²) in [5, 5.41) is 3.36. The molecule has 1 rings (SSSR count). The Morgan fingerprint density at radius 3 is 2.79 bits per heavy atom. The molecule has 1 aromatic heterocycles. The van der Waals surface area contributed by atoms with Gasteiger partial charge in [0.1, 0.15) is 18.0 Å². The number of anilines is 2. The van der Waals surface area contributed by atoms with Crippen LogP contribution in [0, 0.1) is 6.92 Å². The number of rotatable bonds is 8. The highest BCUT2D eigenvalue weighted by atomic mass is 32.2. The summed E-state index contributed by atoms with van der Waals surface area (Å²) in [6.45, 7) is 7.44. The second-order valence-corrected chi connectivity index (χ2v) is 5.82.